The number of hydrogen-bond acceptors (Lipinski definition) is 3. The minimum absolute atomic E-state index is 0.0483. The van der Waals surface area contributed by atoms with Crippen molar-refractivity contribution in [2.45, 2.75) is 25.9 Å². The summed E-state index contributed by atoms with van der Waals surface area (Å²) in [5.41, 5.74) is 1.35. The van der Waals surface area contributed by atoms with E-state index >= 15 is 0 Å². The molecule has 0 aliphatic carbocycles. The van der Waals surface area contributed by atoms with Gasteiger partial charge in [0.15, 0.2) is 5.69 Å². The van der Waals surface area contributed by atoms with Gasteiger partial charge < -0.3 is 10.0 Å². The minimum atomic E-state index is -0.374. The van der Waals surface area contributed by atoms with Crippen molar-refractivity contribution in [2.75, 3.05) is 13.1 Å². The van der Waals surface area contributed by atoms with Crippen LogP contribution in [0.25, 0.3) is 10.9 Å². The maximum Gasteiger partial charge on any atom is 0.275 e. The van der Waals surface area contributed by atoms with E-state index in [4.69, 9.17) is 0 Å². The van der Waals surface area contributed by atoms with Crippen LogP contribution in [0.3, 0.4) is 0 Å². The molecular formula is C15H19N3O2. The number of fused-ring (bicyclic) bond motifs is 1. The average molecular weight is 273 g/mol. The fourth-order valence-corrected chi connectivity index (χ4v) is 2.86. The van der Waals surface area contributed by atoms with Gasteiger partial charge in [-0.15, -0.1) is 0 Å². The molecule has 20 heavy (non-hydrogen) atoms. The van der Waals surface area contributed by atoms with E-state index in [0.717, 1.165) is 30.3 Å². The van der Waals surface area contributed by atoms with Crippen LogP contribution in [-0.2, 0) is 0 Å². The molecule has 1 saturated heterocycles. The van der Waals surface area contributed by atoms with Crippen LogP contribution in [0.2, 0.25) is 0 Å². The molecule has 0 bridgehead atoms. The Bertz CT molecular complexity index is 620. The summed E-state index contributed by atoms with van der Waals surface area (Å²) in [7, 11) is 0. The number of nitrogens with zero attached hydrogens (tertiary/aromatic N) is 2. The van der Waals surface area contributed by atoms with Gasteiger partial charge in [-0.05, 0) is 25.8 Å². The van der Waals surface area contributed by atoms with Crippen molar-refractivity contribution in [3.63, 3.8) is 0 Å². The van der Waals surface area contributed by atoms with Crippen molar-refractivity contribution in [2.24, 2.45) is 5.92 Å². The number of hydrogen-bond donors (Lipinski definition) is 2. The third-order valence-corrected chi connectivity index (χ3v) is 4.10. The first-order valence-corrected chi connectivity index (χ1v) is 7.07. The second kappa shape index (κ2) is 5.25. The number of benzene rings is 1. The first kappa shape index (κ1) is 13.1. The summed E-state index contributed by atoms with van der Waals surface area (Å²) in [6.45, 7) is 3.14. The molecule has 1 amide bonds. The number of aromatic amines is 1. The van der Waals surface area contributed by atoms with E-state index in [2.05, 4.69) is 10.2 Å². The van der Waals surface area contributed by atoms with Gasteiger partial charge in [0.2, 0.25) is 0 Å². The van der Waals surface area contributed by atoms with Gasteiger partial charge in [-0.3, -0.25) is 9.89 Å². The van der Waals surface area contributed by atoms with E-state index in [1.165, 1.54) is 0 Å². The summed E-state index contributed by atoms with van der Waals surface area (Å²) >= 11 is 0. The molecule has 106 valence electrons. The topological polar surface area (TPSA) is 69.2 Å². The van der Waals surface area contributed by atoms with Crippen LogP contribution in [-0.4, -0.2) is 45.3 Å². The Morgan fingerprint density at radius 2 is 2.30 bits per heavy atom. The SMILES string of the molecule is CC(O)C1CCCN(C(=O)c2n[nH]c3ccccc23)C1. The zero-order valence-corrected chi connectivity index (χ0v) is 11.5. The summed E-state index contributed by atoms with van der Waals surface area (Å²) < 4.78 is 0. The fraction of sp³-hybridized carbons (Fsp3) is 0.467. The number of carbonyl (C=O) groups excluding carboxylic acids is 1. The van der Waals surface area contributed by atoms with Gasteiger partial charge in [-0.25, -0.2) is 0 Å². The maximum absolute atomic E-state index is 12.6. The highest BCUT2D eigenvalue weighted by atomic mass is 16.3. The number of likely N-dealkylation sites (tertiary alicyclic amines) is 1. The largest absolute Gasteiger partial charge is 0.393 e. The third-order valence-electron chi connectivity index (χ3n) is 4.10. The minimum Gasteiger partial charge on any atom is -0.393 e. The predicted octanol–water partition coefficient (Wildman–Crippen LogP) is 1.80. The normalized spacial score (nSPS) is 21.1. The zero-order chi connectivity index (χ0) is 14.1. The first-order valence-electron chi connectivity index (χ1n) is 7.07. The fourth-order valence-electron chi connectivity index (χ4n) is 2.86. The number of carbonyl (C=O) groups is 1. The Hall–Kier alpha value is -1.88. The lowest BCUT2D eigenvalue weighted by atomic mass is 9.93. The van der Waals surface area contributed by atoms with Crippen LogP contribution in [0.15, 0.2) is 24.3 Å². The molecule has 1 aromatic carbocycles. The Kier molecular flexibility index (Phi) is 3.44. The molecule has 0 spiro atoms. The molecule has 5 nitrogen and oxygen atoms in total. The molecule has 3 rings (SSSR count). The smallest absolute Gasteiger partial charge is 0.275 e. The molecule has 1 aliphatic rings. The van der Waals surface area contributed by atoms with Crippen molar-refractivity contribution >= 4 is 16.8 Å². The highest BCUT2D eigenvalue weighted by molar-refractivity contribution is 6.04. The lowest BCUT2D eigenvalue weighted by molar-refractivity contribution is 0.0463. The molecule has 0 radical (unpaired) electrons. The molecule has 2 N–H and O–H groups in total. The van der Waals surface area contributed by atoms with Crippen LogP contribution in [0.5, 0.6) is 0 Å². The van der Waals surface area contributed by atoms with E-state index in [1.807, 2.05) is 29.2 Å². The second-order valence-corrected chi connectivity index (χ2v) is 5.51. The maximum atomic E-state index is 12.6. The van der Waals surface area contributed by atoms with Gasteiger partial charge in [0.25, 0.3) is 5.91 Å². The molecule has 1 aliphatic heterocycles. The highest BCUT2D eigenvalue weighted by Crippen LogP contribution is 2.23. The first-order chi connectivity index (χ1) is 9.66. The van der Waals surface area contributed by atoms with Crippen LogP contribution in [0.1, 0.15) is 30.3 Å². The van der Waals surface area contributed by atoms with Gasteiger partial charge in [-0.1, -0.05) is 18.2 Å². The molecule has 2 heterocycles. The predicted molar refractivity (Wildman–Crippen MR) is 76.4 cm³/mol. The number of aliphatic hydroxyl groups is 1. The van der Waals surface area contributed by atoms with E-state index < -0.39 is 0 Å². The molecule has 2 atom stereocenters. The summed E-state index contributed by atoms with van der Waals surface area (Å²) in [6, 6.07) is 7.64. The third kappa shape index (κ3) is 2.29. The van der Waals surface area contributed by atoms with Crippen molar-refractivity contribution in [3.8, 4) is 0 Å². The number of piperidine rings is 1. The van der Waals surface area contributed by atoms with Crippen LogP contribution < -0.4 is 0 Å². The van der Waals surface area contributed by atoms with Gasteiger partial charge in [0.1, 0.15) is 0 Å². The number of amides is 1. The molecule has 5 heteroatoms. The van der Waals surface area contributed by atoms with Gasteiger partial charge in [-0.2, -0.15) is 5.10 Å². The highest BCUT2D eigenvalue weighted by Gasteiger charge is 2.28. The van der Waals surface area contributed by atoms with Crippen LogP contribution in [0, 0.1) is 5.92 Å². The molecular weight excluding hydrogens is 254 g/mol. The number of aliphatic hydroxyl groups excluding tert-OH is 1. The number of aromatic nitrogens is 2. The van der Waals surface area contributed by atoms with E-state index in [9.17, 15) is 9.90 Å². The lowest BCUT2D eigenvalue weighted by Crippen LogP contribution is -2.43. The number of H-pyrrole nitrogens is 1. The molecule has 0 saturated carbocycles. The van der Waals surface area contributed by atoms with E-state index in [1.54, 1.807) is 6.92 Å². The van der Waals surface area contributed by atoms with E-state index in [-0.39, 0.29) is 17.9 Å². The Labute approximate surface area is 117 Å². The molecule has 1 fully saturated rings. The van der Waals surface area contributed by atoms with Gasteiger partial charge >= 0.3 is 0 Å². The monoisotopic (exact) mass is 273 g/mol. The Balaban J connectivity index is 1.85. The van der Waals surface area contributed by atoms with E-state index in [0.29, 0.717) is 12.2 Å². The summed E-state index contributed by atoms with van der Waals surface area (Å²) in [5.74, 6) is 0.116. The lowest BCUT2D eigenvalue weighted by Gasteiger charge is -2.33. The second-order valence-electron chi connectivity index (χ2n) is 5.51. The standard InChI is InChI=1S/C15H19N3O2/c1-10(19)11-5-4-8-18(9-11)15(20)14-12-6-2-3-7-13(12)16-17-14/h2-3,6-7,10-11,19H,4-5,8-9H2,1H3,(H,16,17). The number of para-hydroxylation sites is 1. The van der Waals surface area contributed by atoms with Crippen molar-refractivity contribution in [1.82, 2.24) is 15.1 Å². The summed E-state index contributed by atoms with van der Waals surface area (Å²) in [4.78, 5) is 14.4. The number of rotatable bonds is 2. The molecule has 1 aromatic heterocycles. The molecule has 2 unspecified atom stereocenters. The average Bonchev–Trinajstić information content (AvgIpc) is 2.90. The Morgan fingerprint density at radius 3 is 3.10 bits per heavy atom. The van der Waals surface area contributed by atoms with Crippen molar-refractivity contribution < 1.29 is 9.90 Å². The van der Waals surface area contributed by atoms with Crippen LogP contribution >= 0.6 is 0 Å². The van der Waals surface area contributed by atoms with Gasteiger partial charge in [0, 0.05) is 24.4 Å². The molecule has 2 aromatic rings. The summed E-state index contributed by atoms with van der Waals surface area (Å²) in [6.07, 6.45) is 1.54. The van der Waals surface area contributed by atoms with Crippen LogP contribution in [0.4, 0.5) is 0 Å². The summed E-state index contributed by atoms with van der Waals surface area (Å²) in [5, 5.41) is 17.6. The number of nitrogens with one attached hydrogen (secondary N) is 1. The van der Waals surface area contributed by atoms with Crippen molar-refractivity contribution in [1.29, 1.82) is 0 Å². The van der Waals surface area contributed by atoms with Gasteiger partial charge in [0.05, 0.1) is 11.6 Å². The zero-order valence-electron chi connectivity index (χ0n) is 11.5. The quantitative estimate of drug-likeness (QED) is 0.876. The Morgan fingerprint density at radius 1 is 1.50 bits per heavy atom. The van der Waals surface area contributed by atoms with Crippen molar-refractivity contribution in [3.05, 3.63) is 30.0 Å².